The average Bonchev–Trinajstić information content (AvgIpc) is 2.79. The lowest BCUT2D eigenvalue weighted by atomic mass is 10.0. The maximum Gasteiger partial charge on any atom is 0.0240 e. The lowest BCUT2D eigenvalue weighted by Crippen LogP contribution is -2.54. The zero-order valence-electron chi connectivity index (χ0n) is 11.6. The maximum atomic E-state index is 2.69. The van der Waals surface area contributed by atoms with E-state index in [4.69, 9.17) is 0 Å². The molecule has 3 rings (SSSR count). The van der Waals surface area contributed by atoms with E-state index in [9.17, 15) is 0 Å². The monoisotopic (exact) mass is 244 g/mol. The number of hydrogen-bond donors (Lipinski definition) is 0. The van der Waals surface area contributed by atoms with Crippen LogP contribution in [0.4, 0.5) is 0 Å². The highest BCUT2D eigenvalue weighted by molar-refractivity contribution is 5.25. The van der Waals surface area contributed by atoms with E-state index in [2.05, 4.69) is 47.9 Å². The molecule has 2 saturated heterocycles. The van der Waals surface area contributed by atoms with Crippen molar-refractivity contribution in [3.8, 4) is 0 Å². The molecule has 98 valence electrons. The minimum atomic E-state index is 0.693. The van der Waals surface area contributed by atoms with Crippen LogP contribution in [0.1, 0.15) is 30.9 Å². The van der Waals surface area contributed by atoms with Gasteiger partial charge in [0.25, 0.3) is 0 Å². The molecule has 2 heteroatoms. The summed E-state index contributed by atoms with van der Waals surface area (Å²) in [6.07, 6.45) is 2.80. The molecule has 0 spiro atoms. The number of aryl methyl sites for hydroxylation is 1. The second-order valence-electron chi connectivity index (χ2n) is 6.00. The smallest absolute Gasteiger partial charge is 0.0240 e. The van der Waals surface area contributed by atoms with Gasteiger partial charge in [-0.1, -0.05) is 24.3 Å². The number of piperazine rings is 1. The van der Waals surface area contributed by atoms with Gasteiger partial charge in [-0.05, 0) is 44.4 Å². The Morgan fingerprint density at radius 2 is 2.06 bits per heavy atom. The van der Waals surface area contributed by atoms with Crippen LogP contribution in [0.3, 0.4) is 0 Å². The molecule has 0 aromatic heterocycles. The molecule has 2 aliphatic heterocycles. The van der Waals surface area contributed by atoms with Gasteiger partial charge in [-0.15, -0.1) is 0 Å². The van der Waals surface area contributed by atoms with Crippen molar-refractivity contribution in [3.63, 3.8) is 0 Å². The SMILES string of the molecule is Cc1ccccc1CN1C[C@@H]2CCCN2C[C@H]1C. The van der Waals surface area contributed by atoms with Crippen LogP contribution in [-0.2, 0) is 6.54 Å². The summed E-state index contributed by atoms with van der Waals surface area (Å²) in [7, 11) is 0. The quantitative estimate of drug-likeness (QED) is 0.789. The highest BCUT2D eigenvalue weighted by atomic mass is 15.3. The summed E-state index contributed by atoms with van der Waals surface area (Å²) in [5, 5.41) is 0. The summed E-state index contributed by atoms with van der Waals surface area (Å²) in [4.78, 5) is 5.37. The van der Waals surface area contributed by atoms with Gasteiger partial charge in [0, 0.05) is 31.7 Å². The van der Waals surface area contributed by atoms with E-state index in [0.29, 0.717) is 6.04 Å². The molecule has 0 aliphatic carbocycles. The standard InChI is InChI=1S/C16H24N2/c1-13-6-3-4-7-15(13)11-18-12-16-8-5-9-17(16)10-14(18)2/h3-4,6-7,14,16H,5,8-12H2,1-2H3/t14-,16+/m1/s1. The van der Waals surface area contributed by atoms with Crippen molar-refractivity contribution in [2.75, 3.05) is 19.6 Å². The van der Waals surface area contributed by atoms with E-state index >= 15 is 0 Å². The zero-order valence-corrected chi connectivity index (χ0v) is 11.6. The summed E-state index contributed by atoms with van der Waals surface area (Å²) in [5.41, 5.74) is 2.93. The van der Waals surface area contributed by atoms with E-state index < -0.39 is 0 Å². The molecule has 0 saturated carbocycles. The first-order valence-electron chi connectivity index (χ1n) is 7.26. The summed E-state index contributed by atoms with van der Waals surface area (Å²) in [6, 6.07) is 10.3. The van der Waals surface area contributed by atoms with Crippen LogP contribution in [-0.4, -0.2) is 41.5 Å². The highest BCUT2D eigenvalue weighted by Gasteiger charge is 2.34. The minimum absolute atomic E-state index is 0.693. The lowest BCUT2D eigenvalue weighted by Gasteiger charge is -2.42. The van der Waals surface area contributed by atoms with Crippen LogP contribution in [0.15, 0.2) is 24.3 Å². The molecule has 18 heavy (non-hydrogen) atoms. The summed E-state index contributed by atoms with van der Waals surface area (Å²) >= 11 is 0. The molecule has 0 radical (unpaired) electrons. The van der Waals surface area contributed by atoms with Crippen LogP contribution in [0.2, 0.25) is 0 Å². The number of rotatable bonds is 2. The van der Waals surface area contributed by atoms with Crippen molar-refractivity contribution in [1.29, 1.82) is 0 Å². The van der Waals surface area contributed by atoms with Gasteiger partial charge in [0.2, 0.25) is 0 Å². The fourth-order valence-corrected chi connectivity index (χ4v) is 3.47. The molecule has 0 bridgehead atoms. The Morgan fingerprint density at radius 3 is 2.89 bits per heavy atom. The molecule has 0 amide bonds. The van der Waals surface area contributed by atoms with Gasteiger partial charge in [-0.3, -0.25) is 9.80 Å². The number of hydrogen-bond acceptors (Lipinski definition) is 2. The van der Waals surface area contributed by atoms with E-state index in [1.807, 2.05) is 0 Å². The summed E-state index contributed by atoms with van der Waals surface area (Å²) < 4.78 is 0. The second-order valence-corrected chi connectivity index (χ2v) is 6.00. The predicted molar refractivity (Wildman–Crippen MR) is 75.6 cm³/mol. The molecule has 2 atom stereocenters. The third-order valence-corrected chi connectivity index (χ3v) is 4.70. The fourth-order valence-electron chi connectivity index (χ4n) is 3.47. The van der Waals surface area contributed by atoms with E-state index in [1.54, 1.807) is 0 Å². The molecule has 2 nitrogen and oxygen atoms in total. The number of fused-ring (bicyclic) bond motifs is 1. The fraction of sp³-hybridized carbons (Fsp3) is 0.625. The maximum absolute atomic E-state index is 2.69. The molecule has 1 aromatic carbocycles. The second kappa shape index (κ2) is 5.02. The third kappa shape index (κ3) is 2.32. The Balaban J connectivity index is 1.71. The molecule has 2 heterocycles. The Kier molecular flexibility index (Phi) is 3.40. The van der Waals surface area contributed by atoms with Crippen LogP contribution in [0, 0.1) is 6.92 Å². The van der Waals surface area contributed by atoms with E-state index in [-0.39, 0.29) is 0 Å². The molecule has 2 fully saturated rings. The third-order valence-electron chi connectivity index (χ3n) is 4.70. The first kappa shape index (κ1) is 12.2. The summed E-state index contributed by atoms with van der Waals surface area (Å²) in [5.74, 6) is 0. The highest BCUT2D eigenvalue weighted by Crippen LogP contribution is 2.26. The van der Waals surface area contributed by atoms with E-state index in [1.165, 1.54) is 43.6 Å². The Hall–Kier alpha value is -0.860. The van der Waals surface area contributed by atoms with Crippen LogP contribution >= 0.6 is 0 Å². The lowest BCUT2D eigenvalue weighted by molar-refractivity contribution is 0.0539. The normalized spacial score (nSPS) is 29.4. The van der Waals surface area contributed by atoms with Gasteiger partial charge in [-0.25, -0.2) is 0 Å². The van der Waals surface area contributed by atoms with Crippen molar-refractivity contribution in [2.45, 2.75) is 45.3 Å². The predicted octanol–water partition coefficient (Wildman–Crippen LogP) is 2.66. The van der Waals surface area contributed by atoms with Crippen LogP contribution < -0.4 is 0 Å². The van der Waals surface area contributed by atoms with Gasteiger partial charge >= 0.3 is 0 Å². The Labute approximate surface area is 111 Å². The Bertz CT molecular complexity index is 415. The van der Waals surface area contributed by atoms with E-state index in [0.717, 1.165) is 12.6 Å². The topological polar surface area (TPSA) is 6.48 Å². The van der Waals surface area contributed by atoms with Crippen LogP contribution in [0.25, 0.3) is 0 Å². The molecule has 0 unspecified atom stereocenters. The molecule has 1 aromatic rings. The molecule has 2 aliphatic rings. The van der Waals surface area contributed by atoms with Gasteiger partial charge in [-0.2, -0.15) is 0 Å². The molecular formula is C16H24N2. The largest absolute Gasteiger partial charge is 0.298 e. The van der Waals surface area contributed by atoms with Crippen molar-refractivity contribution in [3.05, 3.63) is 35.4 Å². The molecule has 0 N–H and O–H groups in total. The summed E-state index contributed by atoms with van der Waals surface area (Å²) in [6.45, 7) is 9.58. The first-order valence-corrected chi connectivity index (χ1v) is 7.26. The van der Waals surface area contributed by atoms with Gasteiger partial charge in [0.1, 0.15) is 0 Å². The van der Waals surface area contributed by atoms with Gasteiger partial charge in [0.05, 0.1) is 0 Å². The number of nitrogens with zero attached hydrogens (tertiary/aromatic N) is 2. The number of benzene rings is 1. The zero-order chi connectivity index (χ0) is 12.5. The first-order chi connectivity index (χ1) is 8.74. The molecular weight excluding hydrogens is 220 g/mol. The Morgan fingerprint density at radius 1 is 1.22 bits per heavy atom. The van der Waals surface area contributed by atoms with Crippen molar-refractivity contribution in [1.82, 2.24) is 9.80 Å². The van der Waals surface area contributed by atoms with Gasteiger partial charge in [0.15, 0.2) is 0 Å². The van der Waals surface area contributed by atoms with Crippen molar-refractivity contribution < 1.29 is 0 Å². The van der Waals surface area contributed by atoms with Gasteiger partial charge < -0.3 is 0 Å². The average molecular weight is 244 g/mol. The van der Waals surface area contributed by atoms with Crippen molar-refractivity contribution >= 4 is 0 Å². The van der Waals surface area contributed by atoms with Crippen molar-refractivity contribution in [2.24, 2.45) is 0 Å². The minimum Gasteiger partial charge on any atom is -0.298 e. The van der Waals surface area contributed by atoms with Crippen LogP contribution in [0.5, 0.6) is 0 Å².